The minimum absolute atomic E-state index is 0.00563. The molecule has 0 heterocycles. The van der Waals surface area contributed by atoms with Gasteiger partial charge in [-0.25, -0.2) is 0 Å². The lowest BCUT2D eigenvalue weighted by atomic mass is 9.89. The first kappa shape index (κ1) is 16.7. The number of hydrogen-bond donors (Lipinski definition) is 2. The summed E-state index contributed by atoms with van der Waals surface area (Å²) >= 11 is 0. The molecule has 3 nitrogen and oxygen atoms in total. The lowest BCUT2D eigenvalue weighted by Gasteiger charge is -2.22. The number of fused-ring (bicyclic) bond motifs is 1. The molecule has 0 aliphatic heterocycles. The Balaban J connectivity index is 1.71. The van der Waals surface area contributed by atoms with Crippen LogP contribution in [0.25, 0.3) is 0 Å². The van der Waals surface area contributed by atoms with E-state index < -0.39 is 0 Å². The molecule has 1 aliphatic carbocycles. The van der Waals surface area contributed by atoms with Gasteiger partial charge in [0, 0.05) is 6.54 Å². The minimum Gasteiger partial charge on any atom is -0.349 e. The molecule has 24 heavy (non-hydrogen) atoms. The Bertz CT molecular complexity index is 696. The first-order valence-corrected chi connectivity index (χ1v) is 8.86. The molecule has 2 aromatic carbocycles. The van der Waals surface area contributed by atoms with Gasteiger partial charge in [-0.1, -0.05) is 48.5 Å². The molecule has 0 aromatic heterocycles. The third-order valence-corrected chi connectivity index (χ3v) is 4.99. The molecular weight excluding hydrogens is 296 g/mol. The van der Waals surface area contributed by atoms with Crippen molar-refractivity contribution in [3.8, 4) is 0 Å². The van der Waals surface area contributed by atoms with Crippen molar-refractivity contribution in [3.05, 3.63) is 70.8 Å². The Kier molecular flexibility index (Phi) is 5.31. The Morgan fingerprint density at radius 3 is 2.46 bits per heavy atom. The molecule has 1 amide bonds. The van der Waals surface area contributed by atoms with Gasteiger partial charge in [0.15, 0.2) is 0 Å². The highest BCUT2D eigenvalue weighted by Gasteiger charge is 2.21. The van der Waals surface area contributed by atoms with Gasteiger partial charge < -0.3 is 11.1 Å². The van der Waals surface area contributed by atoms with E-state index in [1.54, 1.807) is 0 Å². The first-order chi connectivity index (χ1) is 11.7. The molecule has 2 unspecified atom stereocenters. The zero-order valence-electron chi connectivity index (χ0n) is 14.3. The van der Waals surface area contributed by atoms with Gasteiger partial charge in [0.2, 0.25) is 5.91 Å². The lowest BCUT2D eigenvalue weighted by molar-refractivity contribution is -0.123. The molecule has 0 saturated carbocycles. The predicted molar refractivity (Wildman–Crippen MR) is 97.9 cm³/mol. The molecule has 0 bridgehead atoms. The van der Waals surface area contributed by atoms with Crippen LogP contribution in [0, 0.1) is 0 Å². The van der Waals surface area contributed by atoms with Crippen molar-refractivity contribution in [1.82, 2.24) is 5.32 Å². The molecule has 2 atom stereocenters. The Morgan fingerprint density at radius 2 is 1.75 bits per heavy atom. The molecule has 2 aromatic rings. The van der Waals surface area contributed by atoms with Crippen LogP contribution in [0.2, 0.25) is 0 Å². The van der Waals surface area contributed by atoms with Crippen molar-refractivity contribution in [1.29, 1.82) is 0 Å². The molecule has 3 rings (SSSR count). The lowest BCUT2D eigenvalue weighted by Crippen LogP contribution is -2.35. The van der Waals surface area contributed by atoms with Crippen LogP contribution < -0.4 is 11.1 Å². The van der Waals surface area contributed by atoms with Gasteiger partial charge in [0.05, 0.1) is 12.0 Å². The molecule has 1 aliphatic rings. The van der Waals surface area contributed by atoms with Gasteiger partial charge in [-0.05, 0) is 54.9 Å². The van der Waals surface area contributed by atoms with Crippen LogP contribution in [0.5, 0.6) is 0 Å². The number of nitrogens with one attached hydrogen (secondary N) is 1. The van der Waals surface area contributed by atoms with Gasteiger partial charge in [0.25, 0.3) is 0 Å². The Morgan fingerprint density at radius 1 is 1.04 bits per heavy atom. The SMILES string of the molecule is CC(NC(=O)C(CN)c1ccccc1)c1ccc2c(c1)CCCC2. The molecule has 3 N–H and O–H groups in total. The summed E-state index contributed by atoms with van der Waals surface area (Å²) in [6, 6.07) is 16.4. The normalized spacial score (nSPS) is 16.1. The zero-order valence-corrected chi connectivity index (χ0v) is 14.3. The Hall–Kier alpha value is -2.13. The summed E-state index contributed by atoms with van der Waals surface area (Å²) in [5, 5.41) is 3.13. The van der Waals surface area contributed by atoms with E-state index in [-0.39, 0.29) is 17.9 Å². The summed E-state index contributed by atoms with van der Waals surface area (Å²) in [4.78, 5) is 12.7. The minimum atomic E-state index is -0.300. The molecule has 0 spiro atoms. The second kappa shape index (κ2) is 7.63. The zero-order chi connectivity index (χ0) is 16.9. The van der Waals surface area contributed by atoms with Crippen molar-refractivity contribution < 1.29 is 4.79 Å². The van der Waals surface area contributed by atoms with Crippen molar-refractivity contribution in [2.75, 3.05) is 6.54 Å². The second-order valence-corrected chi connectivity index (χ2v) is 6.66. The number of nitrogens with two attached hydrogens (primary N) is 1. The molecule has 0 saturated heterocycles. The van der Waals surface area contributed by atoms with E-state index in [2.05, 4.69) is 23.5 Å². The van der Waals surface area contributed by atoms with Gasteiger partial charge in [-0.15, -0.1) is 0 Å². The van der Waals surface area contributed by atoms with E-state index >= 15 is 0 Å². The van der Waals surface area contributed by atoms with Gasteiger partial charge >= 0.3 is 0 Å². The smallest absolute Gasteiger partial charge is 0.229 e. The number of rotatable bonds is 5. The fourth-order valence-electron chi connectivity index (χ4n) is 3.50. The quantitative estimate of drug-likeness (QED) is 0.885. The largest absolute Gasteiger partial charge is 0.349 e. The average Bonchev–Trinajstić information content (AvgIpc) is 2.62. The first-order valence-electron chi connectivity index (χ1n) is 8.86. The summed E-state index contributed by atoms with van der Waals surface area (Å²) in [7, 11) is 0. The number of benzene rings is 2. The van der Waals surface area contributed by atoms with Crippen LogP contribution in [-0.4, -0.2) is 12.5 Å². The highest BCUT2D eigenvalue weighted by Crippen LogP contribution is 2.25. The second-order valence-electron chi connectivity index (χ2n) is 6.66. The molecule has 3 heteroatoms. The number of hydrogen-bond acceptors (Lipinski definition) is 2. The topological polar surface area (TPSA) is 55.1 Å². The van der Waals surface area contributed by atoms with Gasteiger partial charge in [-0.3, -0.25) is 4.79 Å². The van der Waals surface area contributed by atoms with Crippen LogP contribution in [0.1, 0.15) is 54.0 Å². The number of carbonyl (C=O) groups excluding carboxylic acids is 1. The van der Waals surface area contributed by atoms with E-state index in [9.17, 15) is 4.79 Å². The van der Waals surface area contributed by atoms with Crippen molar-refractivity contribution >= 4 is 5.91 Å². The van der Waals surface area contributed by atoms with Gasteiger partial charge in [0.1, 0.15) is 0 Å². The van der Waals surface area contributed by atoms with Crippen LogP contribution in [0.3, 0.4) is 0 Å². The highest BCUT2D eigenvalue weighted by atomic mass is 16.1. The van der Waals surface area contributed by atoms with Crippen molar-refractivity contribution in [3.63, 3.8) is 0 Å². The molecule has 0 fully saturated rings. The third-order valence-electron chi connectivity index (χ3n) is 4.99. The fourth-order valence-corrected chi connectivity index (χ4v) is 3.50. The third kappa shape index (κ3) is 3.68. The molecule has 0 radical (unpaired) electrons. The summed E-state index contributed by atoms with van der Waals surface area (Å²) in [6.07, 6.45) is 4.88. The van der Waals surface area contributed by atoms with Crippen LogP contribution in [-0.2, 0) is 17.6 Å². The van der Waals surface area contributed by atoms with Crippen molar-refractivity contribution in [2.24, 2.45) is 5.73 Å². The monoisotopic (exact) mass is 322 g/mol. The number of carbonyl (C=O) groups is 1. The van der Waals surface area contributed by atoms with E-state index in [0.717, 1.165) is 12.0 Å². The van der Waals surface area contributed by atoms with Gasteiger partial charge in [-0.2, -0.15) is 0 Å². The summed E-state index contributed by atoms with van der Waals surface area (Å²) < 4.78 is 0. The summed E-state index contributed by atoms with van der Waals surface area (Å²) in [5.41, 5.74) is 10.9. The van der Waals surface area contributed by atoms with E-state index in [4.69, 9.17) is 5.73 Å². The van der Waals surface area contributed by atoms with E-state index in [0.29, 0.717) is 6.54 Å². The van der Waals surface area contributed by atoms with Crippen LogP contribution >= 0.6 is 0 Å². The van der Waals surface area contributed by atoms with Crippen molar-refractivity contribution in [2.45, 2.75) is 44.6 Å². The maximum Gasteiger partial charge on any atom is 0.229 e. The highest BCUT2D eigenvalue weighted by molar-refractivity contribution is 5.84. The maximum absolute atomic E-state index is 12.7. The Labute approximate surface area is 144 Å². The van der Waals surface area contributed by atoms with E-state index in [1.807, 2.05) is 37.3 Å². The fraction of sp³-hybridized carbons (Fsp3) is 0.381. The standard InChI is InChI=1S/C21H26N2O/c1-15(18-12-11-16-7-5-6-10-19(16)13-18)23-21(24)20(14-22)17-8-3-2-4-9-17/h2-4,8-9,11-13,15,20H,5-7,10,14,22H2,1H3,(H,23,24). The number of aryl methyl sites for hydroxylation is 2. The van der Waals surface area contributed by atoms with Crippen LogP contribution in [0.15, 0.2) is 48.5 Å². The molecule has 126 valence electrons. The molecular formula is C21H26N2O. The summed E-state index contributed by atoms with van der Waals surface area (Å²) in [5.74, 6) is -0.305. The number of amides is 1. The predicted octanol–water partition coefficient (Wildman–Crippen LogP) is 3.49. The summed E-state index contributed by atoms with van der Waals surface area (Å²) in [6.45, 7) is 2.35. The average molecular weight is 322 g/mol. The van der Waals surface area contributed by atoms with E-state index in [1.165, 1.54) is 36.0 Å². The maximum atomic E-state index is 12.7. The van der Waals surface area contributed by atoms with Crippen LogP contribution in [0.4, 0.5) is 0 Å².